The number of Topliss-reactive ketones (excluding diaryl/α,β-unsaturated/α-hetero) is 1. The molecule has 1 fully saturated rings. The van der Waals surface area contributed by atoms with Gasteiger partial charge in [0.25, 0.3) is 0 Å². The molecule has 2 rings (SSSR count). The Morgan fingerprint density at radius 2 is 1.95 bits per heavy atom. The number of hydrogen-bond donors (Lipinski definition) is 0. The lowest BCUT2D eigenvalue weighted by Crippen LogP contribution is -2.45. The van der Waals surface area contributed by atoms with Crippen molar-refractivity contribution in [2.45, 2.75) is 19.8 Å². The van der Waals surface area contributed by atoms with Crippen molar-refractivity contribution in [3.8, 4) is 0 Å². The van der Waals surface area contributed by atoms with Gasteiger partial charge in [-0.15, -0.1) is 0 Å². The zero-order valence-electron chi connectivity index (χ0n) is 12.4. The molecule has 1 unspecified atom stereocenters. The maximum atomic E-state index is 12.5. The molecule has 6 heteroatoms. The van der Waals surface area contributed by atoms with Crippen LogP contribution in [-0.4, -0.2) is 42.3 Å². The summed E-state index contributed by atoms with van der Waals surface area (Å²) in [5.41, 5.74) is 0.569. The number of hydrogen-bond acceptors (Lipinski definition) is 4. The van der Waals surface area contributed by atoms with Crippen LogP contribution in [0.2, 0.25) is 5.02 Å². The van der Waals surface area contributed by atoms with Gasteiger partial charge in [-0.1, -0.05) is 11.6 Å². The molecule has 1 aromatic carbocycles. The molecule has 1 atom stereocenters. The van der Waals surface area contributed by atoms with Gasteiger partial charge in [-0.2, -0.15) is 0 Å². The molecule has 0 radical (unpaired) electrons. The van der Waals surface area contributed by atoms with Crippen molar-refractivity contribution in [2.24, 2.45) is 5.92 Å². The third-order valence-electron chi connectivity index (χ3n) is 3.66. The standard InChI is InChI=1S/C16H18ClNO4/c1-2-22-16(21)15(20)18-9-3-4-12(10-18)14(19)11-5-7-13(17)8-6-11/h5-8,12H,2-4,9-10H2,1H3. The van der Waals surface area contributed by atoms with Gasteiger partial charge in [0.2, 0.25) is 0 Å². The third kappa shape index (κ3) is 3.85. The van der Waals surface area contributed by atoms with Crippen molar-refractivity contribution >= 4 is 29.3 Å². The number of likely N-dealkylation sites (tertiary alicyclic amines) is 1. The molecule has 0 aliphatic carbocycles. The molecule has 1 heterocycles. The molecule has 0 aromatic heterocycles. The Balaban J connectivity index is 2.04. The van der Waals surface area contributed by atoms with Crippen LogP contribution in [0.3, 0.4) is 0 Å². The summed E-state index contributed by atoms with van der Waals surface area (Å²) in [6, 6.07) is 6.69. The maximum Gasteiger partial charge on any atom is 0.397 e. The van der Waals surface area contributed by atoms with Crippen LogP contribution >= 0.6 is 11.6 Å². The molecular weight excluding hydrogens is 306 g/mol. The number of nitrogens with zero attached hydrogens (tertiary/aromatic N) is 1. The molecule has 1 aliphatic rings. The molecule has 0 bridgehead atoms. The predicted molar refractivity (Wildman–Crippen MR) is 81.7 cm³/mol. The summed E-state index contributed by atoms with van der Waals surface area (Å²) in [5, 5.41) is 0.569. The second kappa shape index (κ2) is 7.40. The largest absolute Gasteiger partial charge is 0.459 e. The van der Waals surface area contributed by atoms with Gasteiger partial charge < -0.3 is 9.64 Å². The number of carbonyl (C=O) groups excluding carboxylic acids is 3. The van der Waals surface area contributed by atoms with Gasteiger partial charge in [0, 0.05) is 29.6 Å². The van der Waals surface area contributed by atoms with Crippen LogP contribution < -0.4 is 0 Å². The van der Waals surface area contributed by atoms with E-state index >= 15 is 0 Å². The number of rotatable bonds is 3. The first-order valence-electron chi connectivity index (χ1n) is 7.28. The van der Waals surface area contributed by atoms with Crippen LogP contribution in [-0.2, 0) is 14.3 Å². The summed E-state index contributed by atoms with van der Waals surface area (Å²) in [5.74, 6) is -1.86. The van der Waals surface area contributed by atoms with E-state index in [9.17, 15) is 14.4 Å². The lowest BCUT2D eigenvalue weighted by molar-refractivity contribution is -0.160. The van der Waals surface area contributed by atoms with Crippen molar-refractivity contribution in [1.82, 2.24) is 4.90 Å². The number of amides is 1. The molecule has 0 saturated carbocycles. The van der Waals surface area contributed by atoms with Crippen molar-refractivity contribution in [1.29, 1.82) is 0 Å². The summed E-state index contributed by atoms with van der Waals surface area (Å²) in [4.78, 5) is 37.4. The van der Waals surface area contributed by atoms with Crippen LogP contribution in [0.4, 0.5) is 0 Å². The Hall–Kier alpha value is -1.88. The van der Waals surface area contributed by atoms with E-state index in [1.165, 1.54) is 4.90 Å². The number of benzene rings is 1. The highest BCUT2D eigenvalue weighted by molar-refractivity contribution is 6.32. The first-order valence-corrected chi connectivity index (χ1v) is 7.66. The van der Waals surface area contributed by atoms with E-state index in [1.807, 2.05) is 0 Å². The first kappa shape index (κ1) is 16.5. The fraction of sp³-hybridized carbons (Fsp3) is 0.438. The van der Waals surface area contributed by atoms with Crippen molar-refractivity contribution in [3.63, 3.8) is 0 Å². The molecular formula is C16H18ClNO4. The molecule has 22 heavy (non-hydrogen) atoms. The Morgan fingerprint density at radius 3 is 2.59 bits per heavy atom. The van der Waals surface area contributed by atoms with Gasteiger partial charge >= 0.3 is 11.9 Å². The Labute approximate surface area is 134 Å². The molecule has 1 aliphatic heterocycles. The van der Waals surface area contributed by atoms with Crippen LogP contribution in [0.15, 0.2) is 24.3 Å². The highest BCUT2D eigenvalue weighted by Crippen LogP contribution is 2.22. The molecule has 0 N–H and O–H groups in total. The van der Waals surface area contributed by atoms with Crippen LogP contribution in [0.1, 0.15) is 30.1 Å². The highest BCUT2D eigenvalue weighted by atomic mass is 35.5. The normalized spacial score (nSPS) is 17.9. The fourth-order valence-electron chi connectivity index (χ4n) is 2.55. The molecule has 1 saturated heterocycles. The second-order valence-corrected chi connectivity index (χ2v) is 5.62. The zero-order valence-corrected chi connectivity index (χ0v) is 13.1. The topological polar surface area (TPSA) is 63.7 Å². The van der Waals surface area contributed by atoms with Gasteiger partial charge in [-0.05, 0) is 44.0 Å². The summed E-state index contributed by atoms with van der Waals surface area (Å²) >= 11 is 5.82. The molecule has 118 valence electrons. The molecule has 1 aromatic rings. The van der Waals surface area contributed by atoms with E-state index in [1.54, 1.807) is 31.2 Å². The smallest absolute Gasteiger partial charge is 0.397 e. The van der Waals surface area contributed by atoms with E-state index in [0.717, 1.165) is 0 Å². The summed E-state index contributed by atoms with van der Waals surface area (Å²) < 4.78 is 4.72. The monoisotopic (exact) mass is 323 g/mol. The average molecular weight is 324 g/mol. The van der Waals surface area contributed by atoms with Crippen molar-refractivity contribution in [3.05, 3.63) is 34.9 Å². The van der Waals surface area contributed by atoms with Gasteiger partial charge in [-0.3, -0.25) is 9.59 Å². The van der Waals surface area contributed by atoms with Crippen LogP contribution in [0.25, 0.3) is 0 Å². The second-order valence-electron chi connectivity index (χ2n) is 5.18. The summed E-state index contributed by atoms with van der Waals surface area (Å²) in [7, 11) is 0. The van der Waals surface area contributed by atoms with Gasteiger partial charge in [0.05, 0.1) is 6.61 Å². The van der Waals surface area contributed by atoms with E-state index in [-0.39, 0.29) is 24.9 Å². The van der Waals surface area contributed by atoms with Gasteiger partial charge in [0.1, 0.15) is 0 Å². The predicted octanol–water partition coefficient (Wildman–Crippen LogP) is 2.32. The van der Waals surface area contributed by atoms with Gasteiger partial charge in [-0.25, -0.2) is 4.79 Å². The Kier molecular flexibility index (Phi) is 5.55. The summed E-state index contributed by atoms with van der Waals surface area (Å²) in [6.07, 6.45) is 1.39. The zero-order chi connectivity index (χ0) is 16.1. The van der Waals surface area contributed by atoms with E-state index in [0.29, 0.717) is 30.0 Å². The number of ketones is 1. The van der Waals surface area contributed by atoms with E-state index in [2.05, 4.69) is 0 Å². The number of piperidine rings is 1. The minimum atomic E-state index is -0.859. The lowest BCUT2D eigenvalue weighted by atomic mass is 9.90. The van der Waals surface area contributed by atoms with E-state index < -0.39 is 11.9 Å². The van der Waals surface area contributed by atoms with Gasteiger partial charge in [0.15, 0.2) is 5.78 Å². The Morgan fingerprint density at radius 1 is 1.27 bits per heavy atom. The third-order valence-corrected chi connectivity index (χ3v) is 3.91. The van der Waals surface area contributed by atoms with Crippen LogP contribution in [0.5, 0.6) is 0 Å². The van der Waals surface area contributed by atoms with Crippen LogP contribution in [0, 0.1) is 5.92 Å². The number of esters is 1. The summed E-state index contributed by atoms with van der Waals surface area (Å²) in [6.45, 7) is 2.53. The lowest BCUT2D eigenvalue weighted by Gasteiger charge is -2.31. The molecule has 5 nitrogen and oxygen atoms in total. The quantitative estimate of drug-likeness (QED) is 0.486. The SMILES string of the molecule is CCOC(=O)C(=O)N1CCCC(C(=O)c2ccc(Cl)cc2)C1. The number of ether oxygens (including phenoxy) is 1. The van der Waals surface area contributed by atoms with E-state index in [4.69, 9.17) is 16.3 Å². The molecule has 1 amide bonds. The average Bonchev–Trinajstić information content (AvgIpc) is 2.54. The van der Waals surface area contributed by atoms with Crippen molar-refractivity contribution in [2.75, 3.05) is 19.7 Å². The molecule has 0 spiro atoms. The minimum absolute atomic E-state index is 0.0296. The first-order chi connectivity index (χ1) is 10.5. The maximum absolute atomic E-state index is 12.5. The number of carbonyl (C=O) groups is 3. The minimum Gasteiger partial charge on any atom is -0.459 e. The highest BCUT2D eigenvalue weighted by Gasteiger charge is 2.32. The van der Waals surface area contributed by atoms with Crippen molar-refractivity contribution < 1.29 is 19.1 Å². The Bertz CT molecular complexity index is 570. The fourth-order valence-corrected chi connectivity index (χ4v) is 2.67. The number of halogens is 1.